The molecule has 0 saturated carbocycles. The second-order valence-electron chi connectivity index (χ2n) is 3.77. The number of benzene rings is 1. The summed E-state index contributed by atoms with van der Waals surface area (Å²) < 4.78 is 10.8. The average molecular weight is 287 g/mol. The van der Waals surface area contributed by atoms with Crippen LogP contribution in [0.15, 0.2) is 24.3 Å². The maximum Gasteiger partial charge on any atom is 0.0921 e. The Morgan fingerprint density at radius 3 is 2.75 bits per heavy atom. The van der Waals surface area contributed by atoms with Gasteiger partial charge in [-0.05, 0) is 18.9 Å². The van der Waals surface area contributed by atoms with Crippen LogP contribution in [0, 0.1) is 6.92 Å². The minimum atomic E-state index is 0.136. The zero-order valence-electron chi connectivity index (χ0n) is 9.91. The predicted octanol–water partition coefficient (Wildman–Crippen LogP) is 3.48. The van der Waals surface area contributed by atoms with Crippen molar-refractivity contribution in [2.24, 2.45) is 0 Å². The normalized spacial score (nSPS) is 12.7. The van der Waals surface area contributed by atoms with E-state index in [1.165, 1.54) is 11.1 Å². The lowest BCUT2D eigenvalue weighted by atomic mass is 10.1. The molecule has 0 aliphatic heterocycles. The predicted molar refractivity (Wildman–Crippen MR) is 70.2 cm³/mol. The third-order valence-corrected chi connectivity index (χ3v) is 2.95. The minimum absolute atomic E-state index is 0.136. The summed E-state index contributed by atoms with van der Waals surface area (Å²) in [6.45, 7) is 3.58. The van der Waals surface area contributed by atoms with Crippen LogP contribution < -0.4 is 0 Å². The first-order chi connectivity index (χ1) is 7.77. The Kier molecular flexibility index (Phi) is 6.69. The molecule has 0 radical (unpaired) electrons. The highest BCUT2D eigenvalue weighted by atomic mass is 79.9. The lowest BCUT2D eigenvalue weighted by Crippen LogP contribution is -2.08. The number of aryl methyl sites for hydroxylation is 1. The SMILES string of the molecule is COCCCOC(CBr)c1cccc(C)c1. The van der Waals surface area contributed by atoms with Gasteiger partial charge in [0.05, 0.1) is 6.10 Å². The minimum Gasteiger partial charge on any atom is -0.385 e. The van der Waals surface area contributed by atoms with E-state index in [0.29, 0.717) is 0 Å². The van der Waals surface area contributed by atoms with Crippen LogP contribution >= 0.6 is 15.9 Å². The van der Waals surface area contributed by atoms with Crippen LogP contribution in [0.2, 0.25) is 0 Å². The number of rotatable bonds is 7. The molecule has 0 fully saturated rings. The van der Waals surface area contributed by atoms with Gasteiger partial charge in [-0.15, -0.1) is 0 Å². The molecule has 0 spiro atoms. The summed E-state index contributed by atoms with van der Waals surface area (Å²) in [7, 11) is 1.71. The molecular formula is C13H19BrO2. The topological polar surface area (TPSA) is 18.5 Å². The van der Waals surface area contributed by atoms with Gasteiger partial charge in [-0.1, -0.05) is 45.8 Å². The van der Waals surface area contributed by atoms with Gasteiger partial charge in [0.25, 0.3) is 0 Å². The molecular weight excluding hydrogens is 268 g/mol. The third-order valence-electron chi connectivity index (χ3n) is 2.37. The molecule has 1 unspecified atom stereocenters. The third kappa shape index (κ3) is 4.64. The molecule has 0 heterocycles. The molecule has 1 aromatic carbocycles. The second-order valence-corrected chi connectivity index (χ2v) is 4.42. The molecule has 16 heavy (non-hydrogen) atoms. The molecule has 0 aliphatic rings. The number of halogens is 1. The van der Waals surface area contributed by atoms with Gasteiger partial charge < -0.3 is 9.47 Å². The van der Waals surface area contributed by atoms with E-state index >= 15 is 0 Å². The highest BCUT2D eigenvalue weighted by Crippen LogP contribution is 2.20. The zero-order chi connectivity index (χ0) is 11.8. The van der Waals surface area contributed by atoms with Gasteiger partial charge in [0.1, 0.15) is 0 Å². The van der Waals surface area contributed by atoms with Crippen LogP contribution in [0.5, 0.6) is 0 Å². The largest absolute Gasteiger partial charge is 0.385 e. The van der Waals surface area contributed by atoms with Crippen LogP contribution in [-0.4, -0.2) is 25.7 Å². The Bertz CT molecular complexity index is 302. The van der Waals surface area contributed by atoms with E-state index < -0.39 is 0 Å². The Hall–Kier alpha value is -0.380. The van der Waals surface area contributed by atoms with Gasteiger partial charge in [-0.2, -0.15) is 0 Å². The van der Waals surface area contributed by atoms with E-state index in [4.69, 9.17) is 9.47 Å². The molecule has 0 N–H and O–H groups in total. The molecule has 0 bridgehead atoms. The van der Waals surface area contributed by atoms with Gasteiger partial charge in [0.15, 0.2) is 0 Å². The molecule has 0 amide bonds. The fraction of sp³-hybridized carbons (Fsp3) is 0.538. The molecule has 1 rings (SSSR count). The summed E-state index contributed by atoms with van der Waals surface area (Å²) in [5, 5.41) is 0.823. The van der Waals surface area contributed by atoms with E-state index in [-0.39, 0.29) is 6.10 Å². The van der Waals surface area contributed by atoms with Crippen LogP contribution in [0.1, 0.15) is 23.7 Å². The first kappa shape index (κ1) is 13.7. The quantitative estimate of drug-likeness (QED) is 0.564. The van der Waals surface area contributed by atoms with Gasteiger partial charge in [0, 0.05) is 25.7 Å². The monoisotopic (exact) mass is 286 g/mol. The Labute approximate surface area is 106 Å². The molecule has 0 aromatic heterocycles. The maximum atomic E-state index is 5.81. The summed E-state index contributed by atoms with van der Waals surface area (Å²) in [4.78, 5) is 0. The van der Waals surface area contributed by atoms with E-state index in [9.17, 15) is 0 Å². The van der Waals surface area contributed by atoms with Gasteiger partial charge in [-0.3, -0.25) is 0 Å². The highest BCUT2D eigenvalue weighted by molar-refractivity contribution is 9.09. The smallest absolute Gasteiger partial charge is 0.0921 e. The van der Waals surface area contributed by atoms with Crippen LogP contribution in [0.25, 0.3) is 0 Å². The van der Waals surface area contributed by atoms with Crippen molar-refractivity contribution in [2.45, 2.75) is 19.4 Å². The van der Waals surface area contributed by atoms with Gasteiger partial charge in [-0.25, -0.2) is 0 Å². The van der Waals surface area contributed by atoms with E-state index in [1.807, 2.05) is 0 Å². The van der Waals surface area contributed by atoms with Crippen molar-refractivity contribution in [1.29, 1.82) is 0 Å². The van der Waals surface area contributed by atoms with Crippen molar-refractivity contribution in [2.75, 3.05) is 25.7 Å². The Balaban J connectivity index is 2.47. The lowest BCUT2D eigenvalue weighted by Gasteiger charge is -2.16. The molecule has 2 nitrogen and oxygen atoms in total. The molecule has 1 aromatic rings. The Morgan fingerprint density at radius 2 is 2.12 bits per heavy atom. The van der Waals surface area contributed by atoms with E-state index in [1.54, 1.807) is 7.11 Å². The van der Waals surface area contributed by atoms with Crippen molar-refractivity contribution in [3.8, 4) is 0 Å². The summed E-state index contributed by atoms with van der Waals surface area (Å²) in [5.74, 6) is 0. The van der Waals surface area contributed by atoms with Crippen LogP contribution in [0.3, 0.4) is 0 Å². The number of hydrogen-bond donors (Lipinski definition) is 0. The number of methoxy groups -OCH3 is 1. The standard InChI is InChI=1S/C13H19BrO2/c1-11-5-3-6-12(9-11)13(10-14)16-8-4-7-15-2/h3,5-6,9,13H,4,7-8,10H2,1-2H3. The summed E-state index contributed by atoms with van der Waals surface area (Å²) in [5.41, 5.74) is 2.50. The molecule has 0 saturated heterocycles. The van der Waals surface area contributed by atoms with E-state index in [2.05, 4.69) is 47.1 Å². The highest BCUT2D eigenvalue weighted by Gasteiger charge is 2.09. The Morgan fingerprint density at radius 1 is 1.31 bits per heavy atom. The molecule has 1 atom stereocenters. The van der Waals surface area contributed by atoms with E-state index in [0.717, 1.165) is 25.0 Å². The second kappa shape index (κ2) is 7.82. The first-order valence-electron chi connectivity index (χ1n) is 5.51. The maximum absolute atomic E-state index is 5.81. The van der Waals surface area contributed by atoms with Gasteiger partial charge >= 0.3 is 0 Å². The van der Waals surface area contributed by atoms with Crippen molar-refractivity contribution in [3.05, 3.63) is 35.4 Å². The van der Waals surface area contributed by atoms with Crippen molar-refractivity contribution in [3.63, 3.8) is 0 Å². The zero-order valence-corrected chi connectivity index (χ0v) is 11.5. The fourth-order valence-electron chi connectivity index (χ4n) is 1.53. The average Bonchev–Trinajstić information content (AvgIpc) is 2.29. The first-order valence-corrected chi connectivity index (χ1v) is 6.63. The van der Waals surface area contributed by atoms with Gasteiger partial charge in [0.2, 0.25) is 0 Å². The number of hydrogen-bond acceptors (Lipinski definition) is 2. The summed E-state index contributed by atoms with van der Waals surface area (Å²) in [6, 6.07) is 8.44. The number of alkyl halides is 1. The van der Waals surface area contributed by atoms with Crippen molar-refractivity contribution >= 4 is 15.9 Å². The van der Waals surface area contributed by atoms with Crippen molar-refractivity contribution in [1.82, 2.24) is 0 Å². The van der Waals surface area contributed by atoms with Crippen LogP contribution in [-0.2, 0) is 9.47 Å². The number of ether oxygens (including phenoxy) is 2. The lowest BCUT2D eigenvalue weighted by molar-refractivity contribution is 0.0532. The molecule has 0 aliphatic carbocycles. The van der Waals surface area contributed by atoms with Crippen LogP contribution in [0.4, 0.5) is 0 Å². The summed E-state index contributed by atoms with van der Waals surface area (Å²) in [6.07, 6.45) is 1.07. The molecule has 90 valence electrons. The fourth-order valence-corrected chi connectivity index (χ4v) is 2.09. The summed E-state index contributed by atoms with van der Waals surface area (Å²) >= 11 is 3.49. The molecule has 3 heteroatoms. The van der Waals surface area contributed by atoms with Crippen molar-refractivity contribution < 1.29 is 9.47 Å².